The summed E-state index contributed by atoms with van der Waals surface area (Å²) in [4.78, 5) is 42.5. The number of ether oxygens (including phenoxy) is 1. The minimum atomic E-state index is -3.94. The van der Waals surface area contributed by atoms with E-state index in [-0.39, 0.29) is 47.9 Å². The van der Waals surface area contributed by atoms with Crippen LogP contribution in [0.3, 0.4) is 0 Å². The summed E-state index contributed by atoms with van der Waals surface area (Å²) in [6.07, 6.45) is 4.98. The summed E-state index contributed by atoms with van der Waals surface area (Å²) >= 11 is 7.35. The quantitative estimate of drug-likeness (QED) is 0.353. The third-order valence-electron chi connectivity index (χ3n) is 7.31. The molecule has 0 saturated carbocycles. The van der Waals surface area contributed by atoms with Gasteiger partial charge in [0, 0.05) is 73.7 Å². The van der Waals surface area contributed by atoms with Crippen LogP contribution in [0.15, 0.2) is 60.0 Å². The zero-order valence-corrected chi connectivity index (χ0v) is 24.3. The minimum Gasteiger partial charge on any atom is -0.378 e. The van der Waals surface area contributed by atoms with E-state index in [1.165, 1.54) is 15.6 Å². The number of aromatic nitrogens is 3. The van der Waals surface area contributed by atoms with Crippen LogP contribution in [-0.2, 0) is 19.6 Å². The molecule has 41 heavy (non-hydrogen) atoms. The summed E-state index contributed by atoms with van der Waals surface area (Å²) < 4.78 is 34.1. The van der Waals surface area contributed by atoms with Crippen LogP contribution in [0.5, 0.6) is 0 Å². The number of benzene rings is 1. The Morgan fingerprint density at radius 3 is 2.63 bits per heavy atom. The fraction of sp³-hybridized carbons (Fsp3) is 0.333. The van der Waals surface area contributed by atoms with Gasteiger partial charge >= 0.3 is 0 Å². The number of nitrogens with zero attached hydrogens (tertiary/aromatic N) is 5. The van der Waals surface area contributed by atoms with Gasteiger partial charge in [0.25, 0.3) is 15.9 Å². The highest BCUT2D eigenvalue weighted by Gasteiger charge is 2.39. The van der Waals surface area contributed by atoms with Gasteiger partial charge in [-0.2, -0.15) is 4.31 Å². The van der Waals surface area contributed by atoms with Gasteiger partial charge < -0.3 is 19.5 Å². The van der Waals surface area contributed by atoms with Gasteiger partial charge in [-0.1, -0.05) is 11.6 Å². The fourth-order valence-corrected chi connectivity index (χ4v) is 7.67. The summed E-state index contributed by atoms with van der Waals surface area (Å²) in [6.45, 7) is 1.98. The van der Waals surface area contributed by atoms with Crippen molar-refractivity contribution < 1.29 is 22.7 Å². The molecule has 2 amide bonds. The first-order valence-corrected chi connectivity index (χ1v) is 15.7. The van der Waals surface area contributed by atoms with Crippen LogP contribution in [-0.4, -0.2) is 101 Å². The molecule has 0 bridgehead atoms. The molecule has 4 aromatic rings. The highest BCUT2D eigenvalue weighted by atomic mass is 35.5. The van der Waals surface area contributed by atoms with Gasteiger partial charge in [0.05, 0.1) is 24.1 Å². The molecule has 1 atom stereocenters. The van der Waals surface area contributed by atoms with Gasteiger partial charge in [-0.15, -0.1) is 11.3 Å². The number of H-pyrrole nitrogens is 1. The van der Waals surface area contributed by atoms with Gasteiger partial charge in [-0.25, -0.2) is 13.4 Å². The first-order valence-electron chi connectivity index (χ1n) is 13.1. The number of carbonyl (C=O) groups excluding carboxylic acids is 2. The Bertz CT molecular complexity index is 1690. The van der Waals surface area contributed by atoms with E-state index in [1.807, 2.05) is 12.1 Å². The summed E-state index contributed by atoms with van der Waals surface area (Å²) in [6, 6.07) is 9.67. The van der Waals surface area contributed by atoms with Crippen molar-refractivity contribution in [1.82, 2.24) is 29.1 Å². The second-order valence-electron chi connectivity index (χ2n) is 9.84. The predicted octanol–water partition coefficient (Wildman–Crippen LogP) is 3.10. The van der Waals surface area contributed by atoms with E-state index in [9.17, 15) is 18.0 Å². The summed E-state index contributed by atoms with van der Waals surface area (Å²) in [5, 5.41) is 1.50. The number of halogens is 1. The molecule has 5 heterocycles. The van der Waals surface area contributed by atoms with Crippen molar-refractivity contribution >= 4 is 55.7 Å². The predicted molar refractivity (Wildman–Crippen MR) is 154 cm³/mol. The molecular formula is C27H27ClN6O5S2. The highest BCUT2D eigenvalue weighted by molar-refractivity contribution is 7.89. The van der Waals surface area contributed by atoms with Crippen molar-refractivity contribution in [2.45, 2.75) is 17.5 Å². The molecular weight excluding hydrogens is 588 g/mol. The molecule has 14 heteroatoms. The number of rotatable bonds is 6. The van der Waals surface area contributed by atoms with E-state index < -0.39 is 16.1 Å². The van der Waals surface area contributed by atoms with Crippen molar-refractivity contribution in [3.05, 3.63) is 65.0 Å². The maximum absolute atomic E-state index is 13.7. The van der Waals surface area contributed by atoms with E-state index in [2.05, 4.69) is 15.0 Å². The third-order valence-corrected chi connectivity index (χ3v) is 10.4. The lowest BCUT2D eigenvalue weighted by Crippen LogP contribution is -2.58. The van der Waals surface area contributed by atoms with Crippen LogP contribution in [0.25, 0.3) is 21.3 Å². The maximum atomic E-state index is 13.7. The Balaban J connectivity index is 1.26. The number of thiazole rings is 1. The summed E-state index contributed by atoms with van der Waals surface area (Å²) in [7, 11) is -3.94. The van der Waals surface area contributed by atoms with E-state index in [0.717, 1.165) is 10.4 Å². The summed E-state index contributed by atoms with van der Waals surface area (Å²) in [5.74, 6) is -0.473. The SMILES string of the molecule is O=C(CC1CN(S(=O)(=O)c2cc3cc(Cl)ccc3[nH]2)CCN1C(=O)c1ncc(-c2ccncc2)s1)N1CCOCC1. The minimum absolute atomic E-state index is 0.0113. The van der Waals surface area contributed by atoms with E-state index in [4.69, 9.17) is 16.3 Å². The van der Waals surface area contributed by atoms with Crippen molar-refractivity contribution in [2.24, 2.45) is 0 Å². The van der Waals surface area contributed by atoms with Crippen LogP contribution >= 0.6 is 22.9 Å². The van der Waals surface area contributed by atoms with E-state index >= 15 is 0 Å². The number of hydrogen-bond acceptors (Lipinski definition) is 8. The standard InChI is InChI=1S/C27H27ClN6O5S2/c28-20-1-2-22-19(13-20)14-24(31-22)41(37,38)33-7-8-34(21(17-33)15-25(35)32-9-11-39-12-10-32)27(36)26-30-16-23(40-26)18-3-5-29-6-4-18/h1-6,13-14,16,21,31H,7-12,15,17H2. The molecule has 2 aliphatic rings. The van der Waals surface area contributed by atoms with Crippen molar-refractivity contribution in [3.63, 3.8) is 0 Å². The lowest BCUT2D eigenvalue weighted by Gasteiger charge is -2.41. The number of pyridine rings is 1. The molecule has 2 fully saturated rings. The third kappa shape index (κ3) is 5.72. The van der Waals surface area contributed by atoms with Gasteiger partial charge in [-0.3, -0.25) is 14.6 Å². The molecule has 1 unspecified atom stereocenters. The molecule has 2 aliphatic heterocycles. The first-order chi connectivity index (χ1) is 19.8. The molecule has 2 saturated heterocycles. The molecule has 1 N–H and O–H groups in total. The molecule has 11 nitrogen and oxygen atoms in total. The smallest absolute Gasteiger partial charge is 0.283 e. The normalized spacial score (nSPS) is 18.6. The lowest BCUT2D eigenvalue weighted by atomic mass is 10.1. The number of sulfonamides is 1. The Morgan fingerprint density at radius 1 is 1.07 bits per heavy atom. The molecule has 0 aliphatic carbocycles. The maximum Gasteiger partial charge on any atom is 0.283 e. The van der Waals surface area contributed by atoms with Crippen molar-refractivity contribution in [1.29, 1.82) is 0 Å². The second kappa shape index (κ2) is 11.5. The van der Waals surface area contributed by atoms with Gasteiger partial charge in [0.1, 0.15) is 5.03 Å². The van der Waals surface area contributed by atoms with Crippen LogP contribution in [0, 0.1) is 0 Å². The largest absolute Gasteiger partial charge is 0.378 e. The molecule has 3 aromatic heterocycles. The van der Waals surface area contributed by atoms with E-state index in [1.54, 1.807) is 52.7 Å². The zero-order chi connectivity index (χ0) is 28.6. The zero-order valence-electron chi connectivity index (χ0n) is 21.9. The number of hydrogen-bond donors (Lipinski definition) is 1. The van der Waals surface area contributed by atoms with Crippen LogP contribution in [0.4, 0.5) is 0 Å². The number of carbonyl (C=O) groups is 2. The number of aromatic amines is 1. The number of nitrogens with one attached hydrogen (secondary N) is 1. The van der Waals surface area contributed by atoms with E-state index in [0.29, 0.717) is 42.2 Å². The second-order valence-corrected chi connectivity index (χ2v) is 13.2. The van der Waals surface area contributed by atoms with Gasteiger partial charge in [0.2, 0.25) is 5.91 Å². The van der Waals surface area contributed by atoms with Crippen molar-refractivity contribution in [3.8, 4) is 10.4 Å². The molecule has 0 spiro atoms. The molecule has 6 rings (SSSR count). The number of amides is 2. The van der Waals surface area contributed by atoms with Crippen LogP contribution < -0.4 is 0 Å². The lowest BCUT2D eigenvalue weighted by molar-refractivity contribution is -0.136. The Morgan fingerprint density at radius 2 is 1.85 bits per heavy atom. The molecule has 1 aromatic carbocycles. The molecule has 214 valence electrons. The monoisotopic (exact) mass is 614 g/mol. The Labute approximate surface area is 245 Å². The topological polar surface area (TPSA) is 129 Å². The van der Waals surface area contributed by atoms with Gasteiger partial charge in [0.15, 0.2) is 5.01 Å². The fourth-order valence-electron chi connectivity index (χ4n) is 5.13. The van der Waals surface area contributed by atoms with Gasteiger partial charge in [-0.05, 0) is 42.0 Å². The number of fused-ring (bicyclic) bond motifs is 1. The first kappa shape index (κ1) is 27.8. The number of piperazine rings is 1. The average Bonchev–Trinajstić information content (AvgIpc) is 3.66. The number of morpholine rings is 1. The van der Waals surface area contributed by atoms with Crippen LogP contribution in [0.2, 0.25) is 5.02 Å². The average molecular weight is 615 g/mol. The Kier molecular flexibility index (Phi) is 7.79. The highest BCUT2D eigenvalue weighted by Crippen LogP contribution is 2.30. The summed E-state index contributed by atoms with van der Waals surface area (Å²) in [5.41, 5.74) is 1.54. The molecule has 0 radical (unpaired) electrons. The Hall–Kier alpha value is -3.36. The van der Waals surface area contributed by atoms with Crippen molar-refractivity contribution in [2.75, 3.05) is 45.9 Å². The van der Waals surface area contributed by atoms with Crippen LogP contribution in [0.1, 0.15) is 16.2 Å².